The van der Waals surface area contributed by atoms with Crippen LogP contribution in [0.25, 0.3) is 0 Å². The summed E-state index contributed by atoms with van der Waals surface area (Å²) in [5.74, 6) is 0.378. The van der Waals surface area contributed by atoms with Crippen molar-refractivity contribution in [2.24, 2.45) is 0 Å². The Morgan fingerprint density at radius 2 is 1.75 bits per heavy atom. The Morgan fingerprint density at radius 1 is 1.05 bits per heavy atom. The van der Waals surface area contributed by atoms with Crippen molar-refractivity contribution in [2.45, 2.75) is 6.92 Å². The molecule has 0 aliphatic carbocycles. The second-order valence-electron chi connectivity index (χ2n) is 4.30. The largest absolute Gasteiger partial charge is 0.485 e. The molecule has 0 aliphatic heterocycles. The van der Waals surface area contributed by atoms with Crippen LogP contribution in [0, 0.1) is 0 Å². The molecule has 0 unspecified atom stereocenters. The van der Waals surface area contributed by atoms with Crippen LogP contribution < -0.4 is 4.74 Å². The van der Waals surface area contributed by atoms with Gasteiger partial charge in [0.1, 0.15) is 5.75 Å². The zero-order valence-electron chi connectivity index (χ0n) is 10.9. The highest BCUT2D eigenvalue weighted by molar-refractivity contribution is 9.10. The first-order valence-corrected chi connectivity index (χ1v) is 6.88. The molecule has 0 aliphatic rings. The molecule has 2 rings (SSSR count). The molecule has 2 aromatic carbocycles. The molecule has 0 N–H and O–H groups in total. The summed E-state index contributed by atoms with van der Waals surface area (Å²) in [6.07, 6.45) is 0. The van der Waals surface area contributed by atoms with Gasteiger partial charge in [0.15, 0.2) is 18.2 Å². The van der Waals surface area contributed by atoms with Crippen molar-refractivity contribution in [2.75, 3.05) is 6.61 Å². The molecule has 102 valence electrons. The Morgan fingerprint density at radius 3 is 2.40 bits per heavy atom. The summed E-state index contributed by atoms with van der Waals surface area (Å²) in [7, 11) is 0. The fourth-order valence-electron chi connectivity index (χ4n) is 1.67. The van der Waals surface area contributed by atoms with Crippen molar-refractivity contribution in [1.29, 1.82) is 0 Å². The van der Waals surface area contributed by atoms with Crippen molar-refractivity contribution < 1.29 is 14.3 Å². The van der Waals surface area contributed by atoms with E-state index < -0.39 is 0 Å². The van der Waals surface area contributed by atoms with E-state index >= 15 is 0 Å². The van der Waals surface area contributed by atoms with E-state index in [1.807, 2.05) is 12.1 Å². The zero-order chi connectivity index (χ0) is 14.5. The SMILES string of the molecule is CC(=O)c1cccc(OCC(=O)c2ccc(Br)cc2)c1. The Bertz CT molecular complexity index is 632. The Labute approximate surface area is 125 Å². The van der Waals surface area contributed by atoms with Gasteiger partial charge in [-0.1, -0.05) is 40.2 Å². The molecule has 0 fully saturated rings. The van der Waals surface area contributed by atoms with E-state index in [1.165, 1.54) is 6.92 Å². The first-order chi connectivity index (χ1) is 9.56. The number of hydrogen-bond acceptors (Lipinski definition) is 3. The van der Waals surface area contributed by atoms with Gasteiger partial charge in [-0.2, -0.15) is 0 Å². The fourth-order valence-corrected chi connectivity index (χ4v) is 1.94. The molecule has 0 radical (unpaired) electrons. The van der Waals surface area contributed by atoms with Crippen LogP contribution in [0.4, 0.5) is 0 Å². The molecule has 0 heterocycles. The number of ketones is 2. The third-order valence-electron chi connectivity index (χ3n) is 2.78. The molecule has 0 spiro atoms. The number of carbonyl (C=O) groups is 2. The highest BCUT2D eigenvalue weighted by Gasteiger charge is 2.07. The summed E-state index contributed by atoms with van der Waals surface area (Å²) >= 11 is 3.32. The van der Waals surface area contributed by atoms with Gasteiger partial charge in [0.05, 0.1) is 0 Å². The van der Waals surface area contributed by atoms with Gasteiger partial charge in [0, 0.05) is 15.6 Å². The summed E-state index contributed by atoms with van der Waals surface area (Å²) in [6.45, 7) is 1.44. The first kappa shape index (κ1) is 14.5. The number of halogens is 1. The quantitative estimate of drug-likeness (QED) is 0.779. The van der Waals surface area contributed by atoms with Gasteiger partial charge >= 0.3 is 0 Å². The Balaban J connectivity index is 2.01. The maximum Gasteiger partial charge on any atom is 0.200 e. The average molecular weight is 333 g/mol. The van der Waals surface area contributed by atoms with Crippen LogP contribution in [0.3, 0.4) is 0 Å². The lowest BCUT2D eigenvalue weighted by molar-refractivity contribution is 0.0921. The summed E-state index contributed by atoms with van der Waals surface area (Å²) in [5, 5.41) is 0. The highest BCUT2D eigenvalue weighted by atomic mass is 79.9. The van der Waals surface area contributed by atoms with E-state index in [0.29, 0.717) is 16.9 Å². The summed E-state index contributed by atoms with van der Waals surface area (Å²) in [6, 6.07) is 13.9. The Kier molecular flexibility index (Phi) is 4.69. The average Bonchev–Trinajstić information content (AvgIpc) is 2.46. The van der Waals surface area contributed by atoms with Crippen molar-refractivity contribution >= 4 is 27.5 Å². The van der Waals surface area contributed by atoms with E-state index in [-0.39, 0.29) is 18.2 Å². The lowest BCUT2D eigenvalue weighted by atomic mass is 10.1. The van der Waals surface area contributed by atoms with Gasteiger partial charge < -0.3 is 4.74 Å². The van der Waals surface area contributed by atoms with Crippen LogP contribution in [-0.2, 0) is 0 Å². The van der Waals surface area contributed by atoms with Crippen molar-refractivity contribution in [1.82, 2.24) is 0 Å². The zero-order valence-corrected chi connectivity index (χ0v) is 12.5. The van der Waals surface area contributed by atoms with E-state index in [9.17, 15) is 9.59 Å². The smallest absolute Gasteiger partial charge is 0.200 e. The van der Waals surface area contributed by atoms with Crippen molar-refractivity contribution in [3.8, 4) is 5.75 Å². The number of hydrogen-bond donors (Lipinski definition) is 0. The summed E-state index contributed by atoms with van der Waals surface area (Å²) in [5.41, 5.74) is 1.16. The second-order valence-corrected chi connectivity index (χ2v) is 5.22. The molecule has 0 bridgehead atoms. The molecular weight excluding hydrogens is 320 g/mol. The van der Waals surface area contributed by atoms with E-state index in [0.717, 1.165) is 4.47 Å². The molecular formula is C16H13BrO3. The normalized spacial score (nSPS) is 10.1. The van der Waals surface area contributed by atoms with Crippen LogP contribution in [0.1, 0.15) is 27.6 Å². The molecule has 3 nitrogen and oxygen atoms in total. The predicted octanol–water partition coefficient (Wildman–Crippen LogP) is 3.91. The van der Waals surface area contributed by atoms with Gasteiger partial charge in [-0.05, 0) is 31.2 Å². The fraction of sp³-hybridized carbons (Fsp3) is 0.125. The van der Waals surface area contributed by atoms with Gasteiger partial charge in [-0.15, -0.1) is 0 Å². The molecule has 2 aromatic rings. The number of benzene rings is 2. The molecule has 0 amide bonds. The van der Waals surface area contributed by atoms with Crippen LogP contribution in [0.5, 0.6) is 5.75 Å². The minimum atomic E-state index is -0.106. The van der Waals surface area contributed by atoms with Crippen molar-refractivity contribution in [3.05, 3.63) is 64.1 Å². The van der Waals surface area contributed by atoms with Gasteiger partial charge in [-0.25, -0.2) is 0 Å². The maximum atomic E-state index is 11.9. The van der Waals surface area contributed by atoms with Crippen LogP contribution >= 0.6 is 15.9 Å². The number of ether oxygens (including phenoxy) is 1. The predicted molar refractivity (Wildman–Crippen MR) is 80.4 cm³/mol. The Hall–Kier alpha value is -1.94. The van der Waals surface area contributed by atoms with Crippen LogP contribution in [-0.4, -0.2) is 18.2 Å². The monoisotopic (exact) mass is 332 g/mol. The number of rotatable bonds is 5. The third kappa shape index (κ3) is 3.78. The minimum absolute atomic E-state index is 0.0327. The van der Waals surface area contributed by atoms with Gasteiger partial charge in [0.25, 0.3) is 0 Å². The van der Waals surface area contributed by atoms with Crippen LogP contribution in [0.2, 0.25) is 0 Å². The number of Topliss-reactive ketones (excluding diaryl/α,β-unsaturated/α-hetero) is 2. The van der Waals surface area contributed by atoms with Gasteiger partial charge in [0.2, 0.25) is 0 Å². The number of carbonyl (C=O) groups excluding carboxylic acids is 2. The van der Waals surface area contributed by atoms with Gasteiger partial charge in [-0.3, -0.25) is 9.59 Å². The van der Waals surface area contributed by atoms with Crippen LogP contribution in [0.15, 0.2) is 53.0 Å². The highest BCUT2D eigenvalue weighted by Crippen LogP contribution is 2.15. The van der Waals surface area contributed by atoms with E-state index in [4.69, 9.17) is 4.74 Å². The van der Waals surface area contributed by atoms with E-state index in [1.54, 1.807) is 36.4 Å². The maximum absolute atomic E-state index is 11.9. The second kappa shape index (κ2) is 6.48. The van der Waals surface area contributed by atoms with E-state index in [2.05, 4.69) is 15.9 Å². The topological polar surface area (TPSA) is 43.4 Å². The standard InChI is InChI=1S/C16H13BrO3/c1-11(18)13-3-2-4-15(9-13)20-10-16(19)12-5-7-14(17)8-6-12/h2-9H,10H2,1H3. The first-order valence-electron chi connectivity index (χ1n) is 6.09. The molecule has 0 atom stereocenters. The molecule has 20 heavy (non-hydrogen) atoms. The molecule has 0 saturated heterocycles. The molecule has 0 saturated carbocycles. The minimum Gasteiger partial charge on any atom is -0.485 e. The third-order valence-corrected chi connectivity index (χ3v) is 3.31. The molecule has 4 heteroatoms. The summed E-state index contributed by atoms with van der Waals surface area (Å²) in [4.78, 5) is 23.2. The lowest BCUT2D eigenvalue weighted by Gasteiger charge is -2.06. The molecule has 0 aromatic heterocycles. The summed E-state index contributed by atoms with van der Waals surface area (Å²) < 4.78 is 6.35. The van der Waals surface area contributed by atoms with Crippen molar-refractivity contribution in [3.63, 3.8) is 0 Å². The lowest BCUT2D eigenvalue weighted by Crippen LogP contribution is -2.11.